The number of rotatable bonds is 7. The van der Waals surface area contributed by atoms with Gasteiger partial charge in [0.25, 0.3) is 5.91 Å². The molecule has 0 spiro atoms. The minimum Gasteiger partial charge on any atom is -0.492 e. The van der Waals surface area contributed by atoms with Crippen LogP contribution in [0.25, 0.3) is 0 Å². The van der Waals surface area contributed by atoms with Crippen molar-refractivity contribution >= 4 is 29.4 Å². The number of ether oxygens (including phenoxy) is 1. The van der Waals surface area contributed by atoms with E-state index in [1.807, 2.05) is 17.0 Å². The number of carbonyl (C=O) groups excluding carboxylic acids is 3. The molecule has 8 nitrogen and oxygen atoms in total. The van der Waals surface area contributed by atoms with E-state index < -0.39 is 12.1 Å². The van der Waals surface area contributed by atoms with Gasteiger partial charge in [0.2, 0.25) is 5.91 Å². The number of hydrogen-bond donors (Lipinski definition) is 2. The minimum absolute atomic E-state index is 0.0148. The zero-order valence-electron chi connectivity index (χ0n) is 14.9. The van der Waals surface area contributed by atoms with Crippen LogP contribution in [-0.2, 0) is 9.59 Å². The number of carbonyl (C=O) groups is 3. The molecule has 9 heteroatoms. The number of halogens is 1. The molecule has 0 aliphatic carbocycles. The average Bonchev–Trinajstić information content (AvgIpc) is 2.99. The molecule has 2 fully saturated rings. The van der Waals surface area contributed by atoms with Crippen LogP contribution in [0.15, 0.2) is 24.3 Å². The maximum absolute atomic E-state index is 12.3. The lowest BCUT2D eigenvalue weighted by Crippen LogP contribution is -2.49. The molecule has 1 aromatic carbocycles. The van der Waals surface area contributed by atoms with Crippen LogP contribution in [0, 0.1) is 0 Å². The van der Waals surface area contributed by atoms with Gasteiger partial charge in [-0.1, -0.05) is 11.6 Å². The summed E-state index contributed by atoms with van der Waals surface area (Å²) in [5, 5.41) is 5.36. The first-order valence-corrected chi connectivity index (χ1v) is 9.39. The van der Waals surface area contributed by atoms with Crippen LogP contribution in [0.2, 0.25) is 5.02 Å². The summed E-state index contributed by atoms with van der Waals surface area (Å²) in [6, 6.07) is 6.17. The third-order valence-corrected chi connectivity index (χ3v) is 4.97. The summed E-state index contributed by atoms with van der Waals surface area (Å²) in [4.78, 5) is 38.9. The van der Waals surface area contributed by atoms with E-state index in [1.165, 1.54) is 0 Å². The van der Waals surface area contributed by atoms with Crippen molar-refractivity contribution in [2.75, 3.05) is 39.3 Å². The Bertz CT molecular complexity index is 689. The molecule has 0 bridgehead atoms. The van der Waals surface area contributed by atoms with Crippen LogP contribution < -0.4 is 15.4 Å². The second-order valence-electron chi connectivity index (χ2n) is 6.58. The van der Waals surface area contributed by atoms with Crippen LogP contribution in [0.1, 0.15) is 12.8 Å². The smallest absolute Gasteiger partial charge is 0.322 e. The Balaban J connectivity index is 1.32. The normalized spacial score (nSPS) is 20.3. The summed E-state index contributed by atoms with van der Waals surface area (Å²) in [7, 11) is 0. The number of urea groups is 1. The second kappa shape index (κ2) is 9.05. The number of hydrogen-bond acceptors (Lipinski definition) is 5. The first-order chi connectivity index (χ1) is 13.0. The highest BCUT2D eigenvalue weighted by Crippen LogP contribution is 2.15. The van der Waals surface area contributed by atoms with Crippen LogP contribution >= 0.6 is 11.6 Å². The topological polar surface area (TPSA) is 91.0 Å². The number of nitrogens with zero attached hydrogens (tertiary/aromatic N) is 2. The van der Waals surface area contributed by atoms with E-state index in [-0.39, 0.29) is 18.2 Å². The zero-order valence-corrected chi connectivity index (χ0v) is 15.7. The van der Waals surface area contributed by atoms with Crippen LogP contribution in [0.4, 0.5) is 4.79 Å². The molecule has 27 heavy (non-hydrogen) atoms. The fraction of sp³-hybridized carbons (Fsp3) is 0.500. The van der Waals surface area contributed by atoms with Crippen LogP contribution in [0.5, 0.6) is 5.75 Å². The lowest BCUT2D eigenvalue weighted by Gasteiger charge is -2.34. The maximum atomic E-state index is 12.3. The van der Waals surface area contributed by atoms with E-state index in [0.29, 0.717) is 31.1 Å². The van der Waals surface area contributed by atoms with Crippen molar-refractivity contribution in [3.63, 3.8) is 0 Å². The van der Waals surface area contributed by atoms with Gasteiger partial charge in [-0.05, 0) is 30.7 Å². The molecule has 146 valence electrons. The fourth-order valence-electron chi connectivity index (χ4n) is 3.13. The molecule has 1 aromatic rings. The highest BCUT2D eigenvalue weighted by Gasteiger charge is 2.30. The van der Waals surface area contributed by atoms with E-state index in [1.54, 1.807) is 12.1 Å². The Hall–Kier alpha value is -2.32. The van der Waals surface area contributed by atoms with Crippen molar-refractivity contribution in [1.29, 1.82) is 0 Å². The third-order valence-electron chi connectivity index (χ3n) is 4.72. The Morgan fingerprint density at radius 1 is 1.15 bits per heavy atom. The van der Waals surface area contributed by atoms with Gasteiger partial charge in [-0.2, -0.15) is 0 Å². The molecule has 2 aliphatic heterocycles. The first kappa shape index (κ1) is 19.4. The number of nitrogens with one attached hydrogen (secondary N) is 2. The van der Waals surface area contributed by atoms with Crippen molar-refractivity contribution in [2.45, 2.75) is 18.9 Å². The molecule has 0 aromatic heterocycles. The molecular formula is C18H23ClN4O4. The summed E-state index contributed by atoms with van der Waals surface area (Å²) in [5.41, 5.74) is 0. The highest BCUT2D eigenvalue weighted by atomic mass is 35.5. The summed E-state index contributed by atoms with van der Waals surface area (Å²) >= 11 is 5.85. The SMILES string of the molecule is O=C1NC(=O)[C@H](CCC(=O)N2CCN(CCOc3ccc(Cl)cc3)CC2)N1. The number of imide groups is 1. The van der Waals surface area contributed by atoms with Gasteiger partial charge in [0, 0.05) is 44.2 Å². The molecular weight excluding hydrogens is 372 g/mol. The van der Waals surface area contributed by atoms with E-state index >= 15 is 0 Å². The van der Waals surface area contributed by atoms with Gasteiger partial charge in [0.1, 0.15) is 18.4 Å². The molecule has 0 saturated carbocycles. The monoisotopic (exact) mass is 394 g/mol. The number of piperazine rings is 1. The zero-order chi connectivity index (χ0) is 19.2. The maximum Gasteiger partial charge on any atom is 0.322 e. The molecule has 1 atom stereocenters. The molecule has 2 N–H and O–H groups in total. The Kier molecular flexibility index (Phi) is 6.52. The van der Waals surface area contributed by atoms with Gasteiger partial charge in [-0.15, -0.1) is 0 Å². The largest absolute Gasteiger partial charge is 0.492 e. The molecule has 2 aliphatic rings. The van der Waals surface area contributed by atoms with E-state index in [9.17, 15) is 14.4 Å². The van der Waals surface area contributed by atoms with Gasteiger partial charge >= 0.3 is 6.03 Å². The average molecular weight is 395 g/mol. The quantitative estimate of drug-likeness (QED) is 0.669. The van der Waals surface area contributed by atoms with Crippen molar-refractivity contribution < 1.29 is 19.1 Å². The molecule has 2 saturated heterocycles. The lowest BCUT2D eigenvalue weighted by atomic mass is 10.1. The Labute approximate surface area is 162 Å². The minimum atomic E-state index is -0.604. The van der Waals surface area contributed by atoms with E-state index in [2.05, 4.69) is 15.5 Å². The van der Waals surface area contributed by atoms with E-state index in [4.69, 9.17) is 16.3 Å². The molecule has 2 heterocycles. The van der Waals surface area contributed by atoms with Gasteiger partial charge in [0.15, 0.2) is 0 Å². The predicted molar refractivity (Wildman–Crippen MR) is 99.7 cm³/mol. The molecule has 0 unspecified atom stereocenters. The number of amides is 4. The van der Waals surface area contributed by atoms with Crippen molar-refractivity contribution in [3.05, 3.63) is 29.3 Å². The fourth-order valence-corrected chi connectivity index (χ4v) is 3.26. The summed E-state index contributed by atoms with van der Waals surface area (Å²) in [6.45, 7) is 4.25. The summed E-state index contributed by atoms with van der Waals surface area (Å²) in [6.07, 6.45) is 0.573. The van der Waals surface area contributed by atoms with E-state index in [0.717, 1.165) is 25.4 Å². The first-order valence-electron chi connectivity index (χ1n) is 9.01. The molecule has 3 rings (SSSR count). The van der Waals surface area contributed by atoms with Gasteiger partial charge in [-0.25, -0.2) is 4.79 Å². The van der Waals surface area contributed by atoms with Crippen LogP contribution in [-0.4, -0.2) is 73.0 Å². The molecule has 4 amide bonds. The lowest BCUT2D eigenvalue weighted by molar-refractivity contribution is -0.133. The van der Waals surface area contributed by atoms with Gasteiger partial charge in [-0.3, -0.25) is 19.8 Å². The Morgan fingerprint density at radius 3 is 2.48 bits per heavy atom. The van der Waals surface area contributed by atoms with Crippen LogP contribution in [0.3, 0.4) is 0 Å². The van der Waals surface area contributed by atoms with Crippen molar-refractivity contribution in [2.24, 2.45) is 0 Å². The van der Waals surface area contributed by atoms with Crippen molar-refractivity contribution in [3.8, 4) is 5.75 Å². The Morgan fingerprint density at radius 2 is 1.85 bits per heavy atom. The summed E-state index contributed by atoms with van der Waals surface area (Å²) in [5.74, 6) is 0.440. The predicted octanol–water partition coefficient (Wildman–Crippen LogP) is 0.851. The molecule has 0 radical (unpaired) electrons. The number of benzene rings is 1. The summed E-state index contributed by atoms with van der Waals surface area (Å²) < 4.78 is 5.70. The third kappa shape index (κ3) is 5.58. The standard InChI is InChI=1S/C18H23ClN4O4/c19-13-1-3-14(4-2-13)27-12-11-22-7-9-23(10-8-22)16(24)6-5-15-17(25)21-18(26)20-15/h1-4,15H,5-12H2,(H2,20,21,25,26)/t15-/m0/s1. The second-order valence-corrected chi connectivity index (χ2v) is 7.02. The van der Waals surface area contributed by atoms with Crippen molar-refractivity contribution in [1.82, 2.24) is 20.4 Å². The highest BCUT2D eigenvalue weighted by molar-refractivity contribution is 6.30. The van der Waals surface area contributed by atoms with Gasteiger partial charge < -0.3 is 15.0 Å². The van der Waals surface area contributed by atoms with Gasteiger partial charge in [0.05, 0.1) is 0 Å².